The van der Waals surface area contributed by atoms with Gasteiger partial charge in [-0.05, 0) is 32.8 Å². The standard InChI is InChI=1S/C16H24N2O3/c1-11-4-5-14(20-3)13(10-11)12(2)18-15(19)16(17)6-8-21-9-7-16/h4-5,10,12H,6-9,17H2,1-3H3,(H,18,19). The first-order valence-electron chi connectivity index (χ1n) is 7.28. The van der Waals surface area contributed by atoms with Gasteiger partial charge in [0.15, 0.2) is 0 Å². The highest BCUT2D eigenvalue weighted by Gasteiger charge is 2.36. The zero-order valence-electron chi connectivity index (χ0n) is 12.9. The SMILES string of the molecule is COc1ccc(C)cc1C(C)NC(=O)C1(N)CCOCC1. The van der Waals surface area contributed by atoms with Crippen molar-refractivity contribution in [3.8, 4) is 5.75 Å². The fourth-order valence-electron chi connectivity index (χ4n) is 2.57. The first-order chi connectivity index (χ1) is 9.96. The second-order valence-electron chi connectivity index (χ2n) is 5.71. The fraction of sp³-hybridized carbons (Fsp3) is 0.562. The Labute approximate surface area is 125 Å². The monoisotopic (exact) mass is 292 g/mol. The minimum absolute atomic E-state index is 0.123. The highest BCUT2D eigenvalue weighted by molar-refractivity contribution is 5.86. The lowest BCUT2D eigenvalue weighted by atomic mass is 9.89. The summed E-state index contributed by atoms with van der Waals surface area (Å²) in [6.45, 7) is 5.02. The summed E-state index contributed by atoms with van der Waals surface area (Å²) in [6, 6.07) is 5.77. The van der Waals surface area contributed by atoms with Crippen LogP contribution < -0.4 is 15.8 Å². The molecule has 1 aromatic rings. The summed E-state index contributed by atoms with van der Waals surface area (Å²) in [5, 5.41) is 3.01. The fourth-order valence-corrected chi connectivity index (χ4v) is 2.57. The van der Waals surface area contributed by atoms with Crippen LogP contribution in [-0.2, 0) is 9.53 Å². The number of ether oxygens (including phenoxy) is 2. The summed E-state index contributed by atoms with van der Waals surface area (Å²) < 4.78 is 10.6. The van der Waals surface area contributed by atoms with Gasteiger partial charge in [-0.25, -0.2) is 0 Å². The Morgan fingerprint density at radius 1 is 1.43 bits per heavy atom. The van der Waals surface area contributed by atoms with Crippen LogP contribution in [0.25, 0.3) is 0 Å². The molecule has 1 aromatic carbocycles. The number of benzene rings is 1. The van der Waals surface area contributed by atoms with Gasteiger partial charge in [-0.1, -0.05) is 17.7 Å². The number of nitrogens with one attached hydrogen (secondary N) is 1. The van der Waals surface area contributed by atoms with Crippen LogP contribution in [0.4, 0.5) is 0 Å². The van der Waals surface area contributed by atoms with Crippen LogP contribution in [0.3, 0.4) is 0 Å². The third-order valence-electron chi connectivity index (χ3n) is 4.04. The van der Waals surface area contributed by atoms with E-state index >= 15 is 0 Å². The van der Waals surface area contributed by atoms with E-state index in [0.717, 1.165) is 16.9 Å². The molecule has 0 saturated carbocycles. The van der Waals surface area contributed by atoms with Gasteiger partial charge in [-0.3, -0.25) is 4.79 Å². The van der Waals surface area contributed by atoms with Gasteiger partial charge in [-0.2, -0.15) is 0 Å². The third kappa shape index (κ3) is 3.54. The molecule has 1 atom stereocenters. The first kappa shape index (κ1) is 15.8. The Hall–Kier alpha value is -1.59. The average molecular weight is 292 g/mol. The molecule has 0 aliphatic carbocycles. The van der Waals surface area contributed by atoms with Crippen molar-refractivity contribution in [1.29, 1.82) is 0 Å². The summed E-state index contributed by atoms with van der Waals surface area (Å²) in [5.41, 5.74) is 7.46. The van der Waals surface area contributed by atoms with Crippen LogP contribution in [-0.4, -0.2) is 31.8 Å². The molecule has 5 nitrogen and oxygen atoms in total. The smallest absolute Gasteiger partial charge is 0.240 e. The van der Waals surface area contributed by atoms with E-state index in [1.165, 1.54) is 0 Å². The van der Waals surface area contributed by atoms with E-state index in [4.69, 9.17) is 15.2 Å². The van der Waals surface area contributed by atoms with E-state index in [2.05, 4.69) is 5.32 Å². The summed E-state index contributed by atoms with van der Waals surface area (Å²) in [4.78, 5) is 12.5. The zero-order chi connectivity index (χ0) is 15.5. The zero-order valence-corrected chi connectivity index (χ0v) is 12.9. The van der Waals surface area contributed by atoms with E-state index in [1.807, 2.05) is 32.0 Å². The van der Waals surface area contributed by atoms with Crippen LogP contribution >= 0.6 is 0 Å². The van der Waals surface area contributed by atoms with Gasteiger partial charge in [0.1, 0.15) is 5.75 Å². The lowest BCUT2D eigenvalue weighted by Crippen LogP contribution is -2.57. The lowest BCUT2D eigenvalue weighted by Gasteiger charge is -2.33. The van der Waals surface area contributed by atoms with Crippen molar-refractivity contribution in [3.05, 3.63) is 29.3 Å². The van der Waals surface area contributed by atoms with Crippen molar-refractivity contribution in [3.63, 3.8) is 0 Å². The number of rotatable bonds is 4. The Morgan fingerprint density at radius 2 is 2.10 bits per heavy atom. The van der Waals surface area contributed by atoms with E-state index in [9.17, 15) is 4.79 Å². The normalized spacial score (nSPS) is 18.9. The molecule has 0 bridgehead atoms. The van der Waals surface area contributed by atoms with Gasteiger partial charge in [0, 0.05) is 18.8 Å². The van der Waals surface area contributed by atoms with E-state index in [0.29, 0.717) is 26.1 Å². The molecule has 0 spiro atoms. The van der Waals surface area contributed by atoms with E-state index < -0.39 is 5.54 Å². The Kier molecular flexibility index (Phi) is 4.85. The molecule has 1 aliphatic heterocycles. The van der Waals surface area contributed by atoms with Crippen molar-refractivity contribution in [2.24, 2.45) is 5.73 Å². The number of carbonyl (C=O) groups is 1. The quantitative estimate of drug-likeness (QED) is 0.885. The molecule has 3 N–H and O–H groups in total. The number of methoxy groups -OCH3 is 1. The molecule has 1 heterocycles. The molecule has 1 saturated heterocycles. The van der Waals surface area contributed by atoms with Gasteiger partial charge in [0.25, 0.3) is 0 Å². The molecular formula is C16H24N2O3. The van der Waals surface area contributed by atoms with Gasteiger partial charge in [0.2, 0.25) is 5.91 Å². The number of hydrogen-bond acceptors (Lipinski definition) is 4. The number of aryl methyl sites for hydroxylation is 1. The predicted molar refractivity (Wildman–Crippen MR) is 81.3 cm³/mol. The summed E-state index contributed by atoms with van der Waals surface area (Å²) in [7, 11) is 1.63. The molecule has 5 heteroatoms. The maximum absolute atomic E-state index is 12.5. The molecule has 1 unspecified atom stereocenters. The minimum atomic E-state index is -0.830. The largest absolute Gasteiger partial charge is 0.496 e. The van der Waals surface area contributed by atoms with Crippen molar-refractivity contribution < 1.29 is 14.3 Å². The van der Waals surface area contributed by atoms with Crippen LogP contribution in [0.15, 0.2) is 18.2 Å². The van der Waals surface area contributed by atoms with Gasteiger partial charge in [0.05, 0.1) is 18.7 Å². The Balaban J connectivity index is 2.12. The molecular weight excluding hydrogens is 268 g/mol. The van der Waals surface area contributed by atoms with Crippen LogP contribution in [0.5, 0.6) is 5.75 Å². The number of hydrogen-bond donors (Lipinski definition) is 2. The van der Waals surface area contributed by atoms with E-state index in [-0.39, 0.29) is 11.9 Å². The second-order valence-corrected chi connectivity index (χ2v) is 5.71. The highest BCUT2D eigenvalue weighted by atomic mass is 16.5. The average Bonchev–Trinajstić information content (AvgIpc) is 2.47. The van der Waals surface area contributed by atoms with E-state index in [1.54, 1.807) is 7.11 Å². The highest BCUT2D eigenvalue weighted by Crippen LogP contribution is 2.27. The predicted octanol–water partition coefficient (Wildman–Crippen LogP) is 1.69. The molecule has 1 fully saturated rings. The molecule has 0 aromatic heterocycles. The minimum Gasteiger partial charge on any atom is -0.496 e. The molecule has 0 radical (unpaired) electrons. The van der Waals surface area contributed by atoms with Gasteiger partial charge < -0.3 is 20.5 Å². The van der Waals surface area contributed by atoms with Crippen LogP contribution in [0.1, 0.15) is 36.9 Å². The van der Waals surface area contributed by atoms with Gasteiger partial charge in [-0.15, -0.1) is 0 Å². The number of carbonyl (C=O) groups excluding carboxylic acids is 1. The molecule has 21 heavy (non-hydrogen) atoms. The Bertz CT molecular complexity index is 510. The van der Waals surface area contributed by atoms with Crippen molar-refractivity contribution in [2.45, 2.75) is 38.3 Å². The number of amides is 1. The topological polar surface area (TPSA) is 73.6 Å². The maximum atomic E-state index is 12.5. The second kappa shape index (κ2) is 6.45. The van der Waals surface area contributed by atoms with Crippen molar-refractivity contribution >= 4 is 5.91 Å². The lowest BCUT2D eigenvalue weighted by molar-refractivity contribution is -0.130. The Morgan fingerprint density at radius 3 is 2.71 bits per heavy atom. The molecule has 2 rings (SSSR count). The van der Waals surface area contributed by atoms with Crippen LogP contribution in [0.2, 0.25) is 0 Å². The van der Waals surface area contributed by atoms with Gasteiger partial charge >= 0.3 is 0 Å². The number of nitrogens with two attached hydrogens (primary N) is 1. The summed E-state index contributed by atoms with van der Waals surface area (Å²) in [6.07, 6.45) is 1.10. The maximum Gasteiger partial charge on any atom is 0.240 e. The first-order valence-corrected chi connectivity index (χ1v) is 7.28. The molecule has 1 aliphatic rings. The van der Waals surface area contributed by atoms with Crippen molar-refractivity contribution in [2.75, 3.05) is 20.3 Å². The molecule has 116 valence electrons. The summed E-state index contributed by atoms with van der Waals surface area (Å²) >= 11 is 0. The van der Waals surface area contributed by atoms with Crippen LogP contribution in [0, 0.1) is 6.92 Å². The molecule has 1 amide bonds. The third-order valence-corrected chi connectivity index (χ3v) is 4.04. The summed E-state index contributed by atoms with van der Waals surface area (Å²) in [5.74, 6) is 0.647. The van der Waals surface area contributed by atoms with Crippen molar-refractivity contribution in [1.82, 2.24) is 5.32 Å².